The number of aromatic nitrogens is 1. The van der Waals surface area contributed by atoms with Crippen LogP contribution in [-0.4, -0.2) is 10.8 Å². The number of amidine groups is 1. The third-order valence-electron chi connectivity index (χ3n) is 1.23. The highest BCUT2D eigenvalue weighted by molar-refractivity contribution is 14.0. The normalized spacial score (nSPS) is 10.6. The first kappa shape index (κ1) is 11.4. The quantitative estimate of drug-likeness (QED) is 0.507. The van der Waals surface area contributed by atoms with Crippen molar-refractivity contribution in [2.75, 3.05) is 0 Å². The summed E-state index contributed by atoms with van der Waals surface area (Å²) in [6.45, 7) is 2.40. The van der Waals surface area contributed by atoms with E-state index in [1.807, 2.05) is 12.1 Å². The van der Waals surface area contributed by atoms with Crippen LogP contribution in [0.1, 0.15) is 12.5 Å². The Balaban J connectivity index is 0.00000121. The Kier molecular flexibility index (Phi) is 5.61. The van der Waals surface area contributed by atoms with Gasteiger partial charge in [-0.1, -0.05) is 6.07 Å². The number of rotatable bonds is 2. The standard InChI is InChI=1S/C8H11N3.HI/c1-7(9)11-6-8-3-2-4-10-5-8;/h2-5H,6H2,1H3,(H2,9,11);1H. The smallest absolute Gasteiger partial charge is 0.0909 e. The van der Waals surface area contributed by atoms with Gasteiger partial charge in [0.1, 0.15) is 0 Å². The highest BCUT2D eigenvalue weighted by Gasteiger charge is 1.87. The van der Waals surface area contributed by atoms with E-state index in [1.165, 1.54) is 0 Å². The first-order chi connectivity index (χ1) is 5.29. The summed E-state index contributed by atoms with van der Waals surface area (Å²) < 4.78 is 0. The highest BCUT2D eigenvalue weighted by atomic mass is 127. The third kappa shape index (κ3) is 4.27. The van der Waals surface area contributed by atoms with Gasteiger partial charge in [-0.05, 0) is 18.6 Å². The summed E-state index contributed by atoms with van der Waals surface area (Å²) in [5.41, 5.74) is 6.45. The summed E-state index contributed by atoms with van der Waals surface area (Å²) in [4.78, 5) is 8.00. The molecule has 0 saturated heterocycles. The summed E-state index contributed by atoms with van der Waals surface area (Å²) in [6, 6.07) is 3.86. The molecule has 12 heavy (non-hydrogen) atoms. The summed E-state index contributed by atoms with van der Waals surface area (Å²) in [5, 5.41) is 0. The van der Waals surface area contributed by atoms with E-state index in [-0.39, 0.29) is 24.0 Å². The fourth-order valence-electron chi connectivity index (χ4n) is 0.708. The van der Waals surface area contributed by atoms with Crippen molar-refractivity contribution >= 4 is 29.8 Å². The SMILES string of the molecule is CC(N)=NCc1cccnc1.I. The van der Waals surface area contributed by atoms with Crippen LogP contribution in [0.4, 0.5) is 0 Å². The van der Waals surface area contributed by atoms with Gasteiger partial charge in [-0.3, -0.25) is 9.98 Å². The molecule has 2 N–H and O–H groups in total. The predicted octanol–water partition coefficient (Wildman–Crippen LogP) is 1.58. The Morgan fingerprint density at radius 3 is 2.92 bits per heavy atom. The lowest BCUT2D eigenvalue weighted by Gasteiger charge is -1.94. The zero-order chi connectivity index (χ0) is 8.10. The molecule has 0 bridgehead atoms. The van der Waals surface area contributed by atoms with E-state index in [4.69, 9.17) is 5.73 Å². The molecule has 0 aromatic carbocycles. The van der Waals surface area contributed by atoms with Gasteiger partial charge in [-0.25, -0.2) is 0 Å². The minimum absolute atomic E-state index is 0. The average Bonchev–Trinajstić information content (AvgIpc) is 2.03. The number of halogens is 1. The minimum atomic E-state index is 0. The van der Waals surface area contributed by atoms with Crippen molar-refractivity contribution in [1.82, 2.24) is 4.98 Å². The number of aliphatic imine (C=N–C) groups is 1. The Hall–Kier alpha value is -0.650. The molecule has 1 heterocycles. The van der Waals surface area contributed by atoms with Crippen molar-refractivity contribution in [3.05, 3.63) is 30.1 Å². The van der Waals surface area contributed by atoms with Crippen molar-refractivity contribution in [1.29, 1.82) is 0 Å². The zero-order valence-corrected chi connectivity index (χ0v) is 9.23. The summed E-state index contributed by atoms with van der Waals surface area (Å²) in [5.74, 6) is 0.605. The number of nitrogens with zero attached hydrogens (tertiary/aromatic N) is 2. The molecule has 0 fully saturated rings. The van der Waals surface area contributed by atoms with Gasteiger partial charge in [0.05, 0.1) is 12.4 Å². The molecule has 0 radical (unpaired) electrons. The second kappa shape index (κ2) is 5.93. The maximum Gasteiger partial charge on any atom is 0.0909 e. The van der Waals surface area contributed by atoms with Crippen LogP contribution in [0.15, 0.2) is 29.5 Å². The van der Waals surface area contributed by atoms with Gasteiger partial charge in [0.15, 0.2) is 0 Å². The molecule has 4 heteroatoms. The molecule has 0 aliphatic carbocycles. The number of nitrogens with two attached hydrogens (primary N) is 1. The number of pyridine rings is 1. The molecular formula is C8H12IN3. The molecule has 0 spiro atoms. The Labute approximate surface area is 89.1 Å². The zero-order valence-electron chi connectivity index (χ0n) is 6.90. The summed E-state index contributed by atoms with van der Waals surface area (Å²) >= 11 is 0. The Morgan fingerprint density at radius 1 is 1.67 bits per heavy atom. The molecule has 0 saturated carbocycles. The van der Waals surface area contributed by atoms with E-state index in [0.29, 0.717) is 12.4 Å². The van der Waals surface area contributed by atoms with Crippen LogP contribution >= 0.6 is 24.0 Å². The van der Waals surface area contributed by atoms with Crippen LogP contribution in [0.3, 0.4) is 0 Å². The number of hydrogen-bond donors (Lipinski definition) is 1. The lowest BCUT2D eigenvalue weighted by molar-refractivity contribution is 1.04. The van der Waals surface area contributed by atoms with Crippen molar-refractivity contribution < 1.29 is 0 Å². The second-order valence-corrected chi connectivity index (χ2v) is 2.32. The van der Waals surface area contributed by atoms with Gasteiger partial charge in [0.2, 0.25) is 0 Å². The van der Waals surface area contributed by atoms with E-state index in [1.54, 1.807) is 19.3 Å². The number of hydrogen-bond acceptors (Lipinski definition) is 2. The molecule has 1 aromatic rings. The van der Waals surface area contributed by atoms with Gasteiger partial charge < -0.3 is 5.73 Å². The van der Waals surface area contributed by atoms with Crippen molar-refractivity contribution in [2.45, 2.75) is 13.5 Å². The summed E-state index contributed by atoms with van der Waals surface area (Å²) in [6.07, 6.45) is 3.52. The average molecular weight is 277 g/mol. The minimum Gasteiger partial charge on any atom is -0.388 e. The van der Waals surface area contributed by atoms with E-state index < -0.39 is 0 Å². The second-order valence-electron chi connectivity index (χ2n) is 2.32. The predicted molar refractivity (Wildman–Crippen MR) is 60.7 cm³/mol. The fraction of sp³-hybridized carbons (Fsp3) is 0.250. The largest absolute Gasteiger partial charge is 0.388 e. The summed E-state index contributed by atoms with van der Waals surface area (Å²) in [7, 11) is 0. The Morgan fingerprint density at radius 2 is 2.42 bits per heavy atom. The maximum absolute atomic E-state index is 5.37. The molecular weight excluding hydrogens is 265 g/mol. The molecule has 0 atom stereocenters. The highest BCUT2D eigenvalue weighted by Crippen LogP contribution is 1.96. The molecule has 0 aliphatic heterocycles. The van der Waals surface area contributed by atoms with Crippen LogP contribution in [0.25, 0.3) is 0 Å². The third-order valence-corrected chi connectivity index (χ3v) is 1.23. The van der Waals surface area contributed by atoms with E-state index in [2.05, 4.69) is 9.98 Å². The van der Waals surface area contributed by atoms with Gasteiger partial charge in [0.25, 0.3) is 0 Å². The lowest BCUT2D eigenvalue weighted by Crippen LogP contribution is -2.05. The first-order valence-corrected chi connectivity index (χ1v) is 3.44. The molecule has 0 amide bonds. The Bertz CT molecular complexity index is 242. The van der Waals surface area contributed by atoms with Crippen LogP contribution < -0.4 is 5.73 Å². The maximum atomic E-state index is 5.37. The fourth-order valence-corrected chi connectivity index (χ4v) is 0.708. The molecule has 3 nitrogen and oxygen atoms in total. The van der Waals surface area contributed by atoms with Gasteiger partial charge in [-0.15, -0.1) is 24.0 Å². The molecule has 1 aromatic heterocycles. The van der Waals surface area contributed by atoms with Gasteiger partial charge in [-0.2, -0.15) is 0 Å². The van der Waals surface area contributed by atoms with Crippen LogP contribution in [0, 0.1) is 0 Å². The van der Waals surface area contributed by atoms with Crippen LogP contribution in [0.2, 0.25) is 0 Å². The monoisotopic (exact) mass is 277 g/mol. The molecule has 66 valence electrons. The molecule has 0 aliphatic rings. The van der Waals surface area contributed by atoms with E-state index >= 15 is 0 Å². The van der Waals surface area contributed by atoms with Crippen molar-refractivity contribution in [2.24, 2.45) is 10.7 Å². The first-order valence-electron chi connectivity index (χ1n) is 3.44. The molecule has 0 unspecified atom stereocenters. The van der Waals surface area contributed by atoms with Gasteiger partial charge in [0, 0.05) is 12.4 Å². The van der Waals surface area contributed by atoms with E-state index in [9.17, 15) is 0 Å². The molecule has 1 rings (SSSR count). The van der Waals surface area contributed by atoms with Crippen LogP contribution in [0.5, 0.6) is 0 Å². The van der Waals surface area contributed by atoms with Crippen LogP contribution in [-0.2, 0) is 6.54 Å². The van der Waals surface area contributed by atoms with Crippen molar-refractivity contribution in [3.63, 3.8) is 0 Å². The topological polar surface area (TPSA) is 51.3 Å². The lowest BCUT2D eigenvalue weighted by atomic mass is 10.3. The van der Waals surface area contributed by atoms with Gasteiger partial charge >= 0.3 is 0 Å². The van der Waals surface area contributed by atoms with E-state index in [0.717, 1.165) is 5.56 Å². The van der Waals surface area contributed by atoms with Crippen molar-refractivity contribution in [3.8, 4) is 0 Å².